The molecule has 0 amide bonds. The third kappa shape index (κ3) is 2.13. The molecule has 0 aliphatic carbocycles. The molecule has 1 aliphatic rings. The number of aromatic nitrogens is 2. The van der Waals surface area contributed by atoms with Gasteiger partial charge in [-0.3, -0.25) is 0 Å². The molecular formula is C12H22N4. The standard InChI is InChI=1S/C12H22N4/c1-8(2)4-11-12-10(14-7-16(12)3)5-9(6-13)15-11/h7-9,11,15H,4-6,13H2,1-3H3. The van der Waals surface area contributed by atoms with Crippen LogP contribution in [0.25, 0.3) is 0 Å². The smallest absolute Gasteiger partial charge is 0.0949 e. The lowest BCUT2D eigenvalue weighted by atomic mass is 9.93. The Hall–Kier alpha value is -0.870. The molecule has 16 heavy (non-hydrogen) atoms. The van der Waals surface area contributed by atoms with Crippen LogP contribution in [-0.2, 0) is 13.5 Å². The van der Waals surface area contributed by atoms with Crippen LogP contribution in [0, 0.1) is 5.92 Å². The van der Waals surface area contributed by atoms with Gasteiger partial charge >= 0.3 is 0 Å². The maximum atomic E-state index is 5.76. The minimum Gasteiger partial charge on any atom is -0.336 e. The molecule has 0 spiro atoms. The van der Waals surface area contributed by atoms with Gasteiger partial charge in [0.25, 0.3) is 0 Å². The first-order valence-electron chi connectivity index (χ1n) is 6.08. The third-order valence-corrected chi connectivity index (χ3v) is 3.26. The first kappa shape index (κ1) is 11.6. The van der Waals surface area contributed by atoms with Gasteiger partial charge in [-0.1, -0.05) is 13.8 Å². The fourth-order valence-corrected chi connectivity index (χ4v) is 2.55. The second-order valence-electron chi connectivity index (χ2n) is 5.17. The van der Waals surface area contributed by atoms with Crippen LogP contribution in [0.1, 0.15) is 37.7 Å². The van der Waals surface area contributed by atoms with Gasteiger partial charge in [-0.2, -0.15) is 0 Å². The average molecular weight is 222 g/mol. The van der Waals surface area contributed by atoms with Crippen LogP contribution in [0.15, 0.2) is 6.33 Å². The number of hydrogen-bond acceptors (Lipinski definition) is 3. The molecule has 2 unspecified atom stereocenters. The number of aryl methyl sites for hydroxylation is 1. The molecule has 90 valence electrons. The molecule has 0 bridgehead atoms. The van der Waals surface area contributed by atoms with E-state index in [0.29, 0.717) is 24.5 Å². The van der Waals surface area contributed by atoms with E-state index in [1.807, 2.05) is 6.33 Å². The van der Waals surface area contributed by atoms with Crippen LogP contribution in [-0.4, -0.2) is 22.1 Å². The molecule has 4 nitrogen and oxygen atoms in total. The Balaban J connectivity index is 2.26. The predicted molar refractivity (Wildman–Crippen MR) is 65.1 cm³/mol. The van der Waals surface area contributed by atoms with Gasteiger partial charge in [0.2, 0.25) is 0 Å². The second kappa shape index (κ2) is 4.55. The number of nitrogens with zero attached hydrogens (tertiary/aromatic N) is 2. The topological polar surface area (TPSA) is 55.9 Å². The summed E-state index contributed by atoms with van der Waals surface area (Å²) in [6.45, 7) is 5.19. The Morgan fingerprint density at radius 3 is 3.00 bits per heavy atom. The molecular weight excluding hydrogens is 200 g/mol. The summed E-state index contributed by atoms with van der Waals surface area (Å²) < 4.78 is 2.14. The Labute approximate surface area is 97.2 Å². The largest absolute Gasteiger partial charge is 0.336 e. The van der Waals surface area contributed by atoms with Crippen LogP contribution < -0.4 is 11.1 Å². The van der Waals surface area contributed by atoms with Crippen molar-refractivity contribution >= 4 is 0 Å². The van der Waals surface area contributed by atoms with Crippen LogP contribution in [0.5, 0.6) is 0 Å². The number of fused-ring (bicyclic) bond motifs is 1. The summed E-state index contributed by atoms with van der Waals surface area (Å²) in [5.41, 5.74) is 8.33. The van der Waals surface area contributed by atoms with Crippen LogP contribution in [0.2, 0.25) is 0 Å². The van der Waals surface area contributed by atoms with E-state index in [1.165, 1.54) is 11.4 Å². The molecule has 0 fully saturated rings. The molecule has 1 aromatic rings. The first-order valence-corrected chi connectivity index (χ1v) is 6.08. The molecule has 2 atom stereocenters. The van der Waals surface area contributed by atoms with Gasteiger partial charge in [0, 0.05) is 32.1 Å². The van der Waals surface area contributed by atoms with E-state index in [4.69, 9.17) is 5.73 Å². The summed E-state index contributed by atoms with van der Waals surface area (Å²) in [4.78, 5) is 4.48. The van der Waals surface area contributed by atoms with Crippen molar-refractivity contribution in [2.24, 2.45) is 18.7 Å². The molecule has 2 heterocycles. The fraction of sp³-hybridized carbons (Fsp3) is 0.750. The zero-order valence-electron chi connectivity index (χ0n) is 10.4. The highest BCUT2D eigenvalue weighted by Gasteiger charge is 2.29. The van der Waals surface area contributed by atoms with Gasteiger partial charge in [-0.05, 0) is 12.3 Å². The van der Waals surface area contributed by atoms with E-state index < -0.39 is 0 Å². The van der Waals surface area contributed by atoms with Crippen molar-refractivity contribution in [2.45, 2.75) is 38.8 Å². The van der Waals surface area contributed by atoms with Gasteiger partial charge in [-0.25, -0.2) is 4.98 Å². The number of nitrogens with one attached hydrogen (secondary N) is 1. The molecule has 3 N–H and O–H groups in total. The van der Waals surface area contributed by atoms with Crippen molar-refractivity contribution in [3.05, 3.63) is 17.7 Å². The van der Waals surface area contributed by atoms with Crippen LogP contribution in [0.4, 0.5) is 0 Å². The number of nitrogens with two attached hydrogens (primary N) is 1. The zero-order valence-corrected chi connectivity index (χ0v) is 10.4. The van der Waals surface area contributed by atoms with Crippen molar-refractivity contribution in [3.8, 4) is 0 Å². The quantitative estimate of drug-likeness (QED) is 0.801. The van der Waals surface area contributed by atoms with E-state index in [9.17, 15) is 0 Å². The third-order valence-electron chi connectivity index (χ3n) is 3.26. The van der Waals surface area contributed by atoms with Gasteiger partial charge in [0.15, 0.2) is 0 Å². The van der Waals surface area contributed by atoms with E-state index in [0.717, 1.165) is 12.8 Å². The van der Waals surface area contributed by atoms with Crippen LogP contribution in [0.3, 0.4) is 0 Å². The summed E-state index contributed by atoms with van der Waals surface area (Å²) in [7, 11) is 2.07. The van der Waals surface area contributed by atoms with Gasteiger partial charge in [0.1, 0.15) is 0 Å². The zero-order chi connectivity index (χ0) is 11.7. The van der Waals surface area contributed by atoms with Crippen molar-refractivity contribution < 1.29 is 0 Å². The molecule has 0 aromatic carbocycles. The maximum Gasteiger partial charge on any atom is 0.0949 e. The second-order valence-corrected chi connectivity index (χ2v) is 5.17. The molecule has 2 rings (SSSR count). The Morgan fingerprint density at radius 1 is 1.62 bits per heavy atom. The minimum atomic E-state index is 0.381. The Morgan fingerprint density at radius 2 is 2.38 bits per heavy atom. The average Bonchev–Trinajstić information content (AvgIpc) is 2.59. The normalized spacial score (nSPS) is 24.8. The number of imidazole rings is 1. The summed E-state index contributed by atoms with van der Waals surface area (Å²) in [6, 6.07) is 0.788. The van der Waals surface area contributed by atoms with Crippen LogP contribution >= 0.6 is 0 Å². The van der Waals surface area contributed by atoms with E-state index in [-0.39, 0.29) is 0 Å². The van der Waals surface area contributed by atoms with Crippen molar-refractivity contribution in [3.63, 3.8) is 0 Å². The summed E-state index contributed by atoms with van der Waals surface area (Å²) >= 11 is 0. The van der Waals surface area contributed by atoms with E-state index in [2.05, 4.69) is 35.8 Å². The van der Waals surface area contributed by atoms with Crippen molar-refractivity contribution in [1.29, 1.82) is 0 Å². The number of hydrogen-bond donors (Lipinski definition) is 2. The summed E-state index contributed by atoms with van der Waals surface area (Å²) in [5.74, 6) is 0.678. The summed E-state index contributed by atoms with van der Waals surface area (Å²) in [5, 5.41) is 3.63. The Bertz CT molecular complexity index is 356. The highest BCUT2D eigenvalue weighted by Crippen LogP contribution is 2.28. The monoisotopic (exact) mass is 222 g/mol. The lowest BCUT2D eigenvalue weighted by molar-refractivity contribution is 0.343. The van der Waals surface area contributed by atoms with Gasteiger partial charge in [0.05, 0.1) is 17.7 Å². The predicted octanol–water partition coefficient (Wildman–Crippen LogP) is 0.980. The first-order chi connectivity index (χ1) is 7.61. The van der Waals surface area contributed by atoms with E-state index in [1.54, 1.807) is 0 Å². The van der Waals surface area contributed by atoms with E-state index >= 15 is 0 Å². The summed E-state index contributed by atoms with van der Waals surface area (Å²) in [6.07, 6.45) is 4.02. The highest BCUT2D eigenvalue weighted by atomic mass is 15.1. The van der Waals surface area contributed by atoms with Gasteiger partial charge < -0.3 is 15.6 Å². The maximum absolute atomic E-state index is 5.76. The molecule has 0 saturated carbocycles. The lowest BCUT2D eigenvalue weighted by Crippen LogP contribution is -2.45. The molecule has 0 saturated heterocycles. The minimum absolute atomic E-state index is 0.381. The molecule has 1 aromatic heterocycles. The van der Waals surface area contributed by atoms with Crippen molar-refractivity contribution in [2.75, 3.05) is 6.54 Å². The Kier molecular flexibility index (Phi) is 3.30. The van der Waals surface area contributed by atoms with Crippen molar-refractivity contribution in [1.82, 2.24) is 14.9 Å². The molecule has 4 heteroatoms. The molecule has 0 radical (unpaired) electrons. The fourth-order valence-electron chi connectivity index (χ4n) is 2.55. The number of rotatable bonds is 3. The molecule has 1 aliphatic heterocycles. The highest BCUT2D eigenvalue weighted by molar-refractivity contribution is 5.22. The lowest BCUT2D eigenvalue weighted by Gasteiger charge is -2.31. The SMILES string of the molecule is CC(C)CC1NC(CN)Cc2ncn(C)c21. The van der Waals surface area contributed by atoms with Gasteiger partial charge in [-0.15, -0.1) is 0 Å².